The fourth-order valence-corrected chi connectivity index (χ4v) is 3.51. The van der Waals surface area contributed by atoms with Crippen LogP contribution in [0, 0.1) is 29.8 Å². The van der Waals surface area contributed by atoms with Crippen LogP contribution in [0.15, 0.2) is 23.4 Å². The number of rotatable bonds is 8. The summed E-state index contributed by atoms with van der Waals surface area (Å²) in [6.07, 6.45) is 2.07. The van der Waals surface area contributed by atoms with Gasteiger partial charge in [0, 0.05) is 24.0 Å². The van der Waals surface area contributed by atoms with Crippen molar-refractivity contribution in [2.45, 2.75) is 57.5 Å². The van der Waals surface area contributed by atoms with Crippen LogP contribution in [0.1, 0.15) is 38.1 Å². The highest BCUT2D eigenvalue weighted by Gasteiger charge is 2.21. The molecule has 1 aromatic heterocycles. The standard InChI is InChI=1S/C18H23FN4O3S/c1-5-6-9-22-12(3)11(2)20-18(22)27-13(4)17(24)21-14-7-8-15(19)16(10-14)23(25)26/h7-8,10,13H,5-6,9H2,1-4H3,(H,21,24). The maximum atomic E-state index is 13.4. The van der Waals surface area contributed by atoms with Crippen molar-refractivity contribution in [3.8, 4) is 0 Å². The van der Waals surface area contributed by atoms with Gasteiger partial charge in [-0.05, 0) is 39.3 Å². The van der Waals surface area contributed by atoms with E-state index >= 15 is 0 Å². The maximum Gasteiger partial charge on any atom is 0.306 e. The van der Waals surface area contributed by atoms with Crippen molar-refractivity contribution in [2.75, 3.05) is 5.32 Å². The monoisotopic (exact) mass is 394 g/mol. The van der Waals surface area contributed by atoms with Crippen LogP contribution in [0.4, 0.5) is 15.8 Å². The van der Waals surface area contributed by atoms with Gasteiger partial charge in [-0.1, -0.05) is 25.1 Å². The molecule has 0 spiro atoms. The van der Waals surface area contributed by atoms with E-state index in [0.29, 0.717) is 0 Å². The lowest BCUT2D eigenvalue weighted by Gasteiger charge is -2.14. The van der Waals surface area contributed by atoms with Crippen molar-refractivity contribution in [1.29, 1.82) is 0 Å². The number of thioether (sulfide) groups is 1. The minimum Gasteiger partial charge on any atom is -0.325 e. The molecule has 0 bridgehead atoms. The molecule has 0 fully saturated rings. The summed E-state index contributed by atoms with van der Waals surface area (Å²) in [7, 11) is 0. The fraction of sp³-hybridized carbons (Fsp3) is 0.444. The first kappa shape index (κ1) is 20.9. The maximum absolute atomic E-state index is 13.4. The average Bonchev–Trinajstić information content (AvgIpc) is 2.88. The predicted molar refractivity (Wildman–Crippen MR) is 104 cm³/mol. The Morgan fingerprint density at radius 2 is 2.15 bits per heavy atom. The Bertz CT molecular complexity index is 853. The molecular weight excluding hydrogens is 371 g/mol. The molecule has 27 heavy (non-hydrogen) atoms. The number of nitrogens with zero attached hydrogens (tertiary/aromatic N) is 3. The van der Waals surface area contributed by atoms with Gasteiger partial charge in [-0.3, -0.25) is 14.9 Å². The lowest BCUT2D eigenvalue weighted by molar-refractivity contribution is -0.387. The van der Waals surface area contributed by atoms with Crippen molar-refractivity contribution >= 4 is 29.0 Å². The Morgan fingerprint density at radius 1 is 1.44 bits per heavy atom. The van der Waals surface area contributed by atoms with Gasteiger partial charge < -0.3 is 9.88 Å². The van der Waals surface area contributed by atoms with Crippen molar-refractivity contribution < 1.29 is 14.1 Å². The fourth-order valence-electron chi connectivity index (χ4n) is 2.48. The Balaban J connectivity index is 2.11. The second-order valence-electron chi connectivity index (χ2n) is 6.24. The van der Waals surface area contributed by atoms with Crippen LogP contribution in [-0.2, 0) is 11.3 Å². The van der Waals surface area contributed by atoms with Gasteiger partial charge in [-0.25, -0.2) is 4.98 Å². The summed E-state index contributed by atoms with van der Waals surface area (Å²) < 4.78 is 15.5. The number of anilines is 1. The molecule has 1 amide bonds. The predicted octanol–water partition coefficient (Wildman–Crippen LogP) is 4.47. The number of hydrogen-bond acceptors (Lipinski definition) is 5. The summed E-state index contributed by atoms with van der Waals surface area (Å²) in [5.41, 5.74) is 1.51. The molecule has 0 aliphatic rings. The summed E-state index contributed by atoms with van der Waals surface area (Å²) in [5.74, 6) is -1.27. The van der Waals surface area contributed by atoms with Gasteiger partial charge in [0.25, 0.3) is 0 Å². The third-order valence-corrected chi connectivity index (χ3v) is 5.31. The molecule has 2 rings (SSSR count). The summed E-state index contributed by atoms with van der Waals surface area (Å²) in [6, 6.07) is 3.28. The number of aromatic nitrogens is 2. The van der Waals surface area contributed by atoms with E-state index in [1.165, 1.54) is 17.8 Å². The van der Waals surface area contributed by atoms with Gasteiger partial charge in [-0.2, -0.15) is 4.39 Å². The molecule has 1 N–H and O–H groups in total. The molecule has 0 saturated heterocycles. The number of carbonyl (C=O) groups is 1. The summed E-state index contributed by atoms with van der Waals surface area (Å²) in [4.78, 5) is 27.0. The molecular formula is C18H23FN4O3S. The zero-order valence-electron chi connectivity index (χ0n) is 15.8. The SMILES string of the molecule is CCCCn1c(SC(C)C(=O)Nc2ccc(F)c([N+](=O)[O-])c2)nc(C)c1C. The van der Waals surface area contributed by atoms with Crippen LogP contribution in [0.25, 0.3) is 0 Å². The third-order valence-electron chi connectivity index (χ3n) is 4.22. The van der Waals surface area contributed by atoms with Crippen LogP contribution in [0.3, 0.4) is 0 Å². The quantitative estimate of drug-likeness (QED) is 0.405. The van der Waals surface area contributed by atoms with Crippen molar-refractivity contribution in [3.05, 3.63) is 45.5 Å². The number of nitrogens with one attached hydrogen (secondary N) is 1. The zero-order valence-corrected chi connectivity index (χ0v) is 16.6. The van der Waals surface area contributed by atoms with Crippen LogP contribution in [0.5, 0.6) is 0 Å². The highest BCUT2D eigenvalue weighted by molar-refractivity contribution is 8.00. The van der Waals surface area contributed by atoms with E-state index in [1.54, 1.807) is 6.92 Å². The number of nitro benzene ring substituents is 1. The van der Waals surface area contributed by atoms with Gasteiger partial charge in [0.1, 0.15) is 0 Å². The Labute approximate surface area is 161 Å². The van der Waals surface area contributed by atoms with E-state index in [-0.39, 0.29) is 11.6 Å². The summed E-state index contributed by atoms with van der Waals surface area (Å²) in [6.45, 7) is 8.63. The molecule has 1 heterocycles. The summed E-state index contributed by atoms with van der Waals surface area (Å²) >= 11 is 1.33. The van der Waals surface area contributed by atoms with E-state index < -0.39 is 21.7 Å². The Kier molecular flexibility index (Phi) is 6.95. The number of amides is 1. The zero-order chi connectivity index (χ0) is 20.1. The molecule has 1 unspecified atom stereocenters. The van der Waals surface area contributed by atoms with Crippen molar-refractivity contribution in [2.24, 2.45) is 0 Å². The van der Waals surface area contributed by atoms with E-state index in [1.807, 2.05) is 13.8 Å². The molecule has 7 nitrogen and oxygen atoms in total. The largest absolute Gasteiger partial charge is 0.325 e. The topological polar surface area (TPSA) is 90.1 Å². The molecule has 0 radical (unpaired) electrons. The lowest BCUT2D eigenvalue weighted by Crippen LogP contribution is -2.23. The second-order valence-corrected chi connectivity index (χ2v) is 7.55. The molecule has 146 valence electrons. The minimum absolute atomic E-state index is 0.183. The van der Waals surface area contributed by atoms with E-state index in [0.717, 1.165) is 48.1 Å². The summed E-state index contributed by atoms with van der Waals surface area (Å²) in [5, 5.41) is 13.7. The van der Waals surface area contributed by atoms with E-state index in [9.17, 15) is 19.3 Å². The van der Waals surface area contributed by atoms with Gasteiger partial charge in [0.05, 0.1) is 15.9 Å². The van der Waals surface area contributed by atoms with Crippen molar-refractivity contribution in [3.63, 3.8) is 0 Å². The number of nitro groups is 1. The number of carbonyl (C=O) groups excluding carboxylic acids is 1. The molecule has 0 saturated carbocycles. The average molecular weight is 394 g/mol. The highest BCUT2D eigenvalue weighted by atomic mass is 32.2. The van der Waals surface area contributed by atoms with Gasteiger partial charge in [0.15, 0.2) is 5.16 Å². The first-order valence-corrected chi connectivity index (χ1v) is 9.57. The first-order valence-electron chi connectivity index (χ1n) is 8.69. The number of unbranched alkanes of at least 4 members (excludes halogenated alkanes) is 1. The smallest absolute Gasteiger partial charge is 0.306 e. The normalized spacial score (nSPS) is 12.0. The first-order chi connectivity index (χ1) is 12.7. The minimum atomic E-state index is -0.940. The molecule has 0 aliphatic carbocycles. The van der Waals surface area contributed by atoms with Crippen LogP contribution < -0.4 is 5.32 Å². The molecule has 2 aromatic rings. The number of halogens is 1. The molecule has 1 atom stereocenters. The Morgan fingerprint density at radius 3 is 2.78 bits per heavy atom. The van der Waals surface area contributed by atoms with Crippen LogP contribution in [0.2, 0.25) is 0 Å². The Hall–Kier alpha value is -2.42. The third kappa shape index (κ3) is 5.06. The number of aryl methyl sites for hydroxylation is 1. The van der Waals surface area contributed by atoms with E-state index in [2.05, 4.69) is 21.8 Å². The number of imidazole rings is 1. The van der Waals surface area contributed by atoms with Crippen LogP contribution in [-0.4, -0.2) is 25.6 Å². The second kappa shape index (κ2) is 8.98. The van der Waals surface area contributed by atoms with E-state index in [4.69, 9.17) is 0 Å². The number of benzene rings is 1. The van der Waals surface area contributed by atoms with Gasteiger partial charge in [0.2, 0.25) is 11.7 Å². The van der Waals surface area contributed by atoms with Crippen LogP contribution >= 0.6 is 11.8 Å². The highest BCUT2D eigenvalue weighted by Crippen LogP contribution is 2.27. The van der Waals surface area contributed by atoms with Gasteiger partial charge >= 0.3 is 5.69 Å². The van der Waals surface area contributed by atoms with Gasteiger partial charge in [-0.15, -0.1) is 0 Å². The van der Waals surface area contributed by atoms with Crippen molar-refractivity contribution in [1.82, 2.24) is 9.55 Å². The molecule has 9 heteroatoms. The molecule has 1 aromatic carbocycles. The molecule has 0 aliphatic heterocycles. The lowest BCUT2D eigenvalue weighted by atomic mass is 10.2. The number of hydrogen-bond donors (Lipinski definition) is 1.